The number of nitrogens with zero attached hydrogens (tertiary/aromatic N) is 1. The molecular weight excluding hydrogens is 268 g/mol. The van der Waals surface area contributed by atoms with Gasteiger partial charge < -0.3 is 4.90 Å². The van der Waals surface area contributed by atoms with Crippen molar-refractivity contribution < 1.29 is 4.79 Å². The normalized spacial score (nSPS) is 24.5. The maximum atomic E-state index is 12.4. The van der Waals surface area contributed by atoms with E-state index in [1.807, 2.05) is 11.8 Å². The predicted molar refractivity (Wildman–Crippen MR) is 84.7 cm³/mol. The van der Waals surface area contributed by atoms with Gasteiger partial charge in [-0.25, -0.2) is 0 Å². The molecule has 1 aromatic carbocycles. The lowest BCUT2D eigenvalue weighted by atomic mass is 10.0. The SMILES string of the molecule is CSc1ccc(C2NC(C)C(=O)N2C(C)C(C)C)cc1. The smallest absolute Gasteiger partial charge is 0.241 e. The molecule has 2 rings (SSSR count). The molecule has 1 heterocycles. The minimum atomic E-state index is -0.110. The van der Waals surface area contributed by atoms with Gasteiger partial charge in [-0.05, 0) is 43.7 Å². The topological polar surface area (TPSA) is 32.3 Å². The van der Waals surface area contributed by atoms with Gasteiger partial charge in [-0.1, -0.05) is 26.0 Å². The minimum Gasteiger partial charge on any atom is -0.319 e. The number of carbonyl (C=O) groups is 1. The molecule has 110 valence electrons. The van der Waals surface area contributed by atoms with Gasteiger partial charge >= 0.3 is 0 Å². The van der Waals surface area contributed by atoms with E-state index in [2.05, 4.69) is 56.6 Å². The number of hydrogen-bond donors (Lipinski definition) is 1. The van der Waals surface area contributed by atoms with Crippen LogP contribution < -0.4 is 5.32 Å². The summed E-state index contributed by atoms with van der Waals surface area (Å²) >= 11 is 1.73. The van der Waals surface area contributed by atoms with Crippen molar-refractivity contribution >= 4 is 17.7 Å². The maximum Gasteiger partial charge on any atom is 0.241 e. The molecule has 4 heteroatoms. The summed E-state index contributed by atoms with van der Waals surface area (Å²) in [7, 11) is 0. The molecular formula is C16H24N2OS. The Labute approximate surface area is 126 Å². The molecule has 0 aromatic heterocycles. The molecule has 1 amide bonds. The second-order valence-corrected chi connectivity index (χ2v) is 6.67. The zero-order chi connectivity index (χ0) is 14.9. The summed E-state index contributed by atoms with van der Waals surface area (Å²) in [4.78, 5) is 15.7. The first-order valence-electron chi connectivity index (χ1n) is 7.18. The van der Waals surface area contributed by atoms with Gasteiger partial charge in [0.15, 0.2) is 0 Å². The van der Waals surface area contributed by atoms with E-state index in [0.29, 0.717) is 5.92 Å². The number of nitrogens with one attached hydrogen (secondary N) is 1. The Morgan fingerprint density at radius 2 is 1.80 bits per heavy atom. The van der Waals surface area contributed by atoms with E-state index in [4.69, 9.17) is 0 Å². The van der Waals surface area contributed by atoms with Crippen LogP contribution in [0.4, 0.5) is 0 Å². The van der Waals surface area contributed by atoms with E-state index >= 15 is 0 Å². The highest BCUT2D eigenvalue weighted by atomic mass is 32.2. The molecule has 3 unspecified atom stereocenters. The van der Waals surface area contributed by atoms with Crippen molar-refractivity contribution in [3.05, 3.63) is 29.8 Å². The highest BCUT2D eigenvalue weighted by Crippen LogP contribution is 2.30. The molecule has 1 aromatic rings. The average Bonchev–Trinajstić information content (AvgIpc) is 2.74. The van der Waals surface area contributed by atoms with Crippen LogP contribution in [-0.2, 0) is 4.79 Å². The molecule has 3 nitrogen and oxygen atoms in total. The highest BCUT2D eigenvalue weighted by Gasteiger charge is 2.40. The van der Waals surface area contributed by atoms with Gasteiger partial charge in [0.2, 0.25) is 5.91 Å². The van der Waals surface area contributed by atoms with Crippen LogP contribution in [0, 0.1) is 5.92 Å². The van der Waals surface area contributed by atoms with E-state index in [0.717, 1.165) is 5.56 Å². The molecule has 0 spiro atoms. The van der Waals surface area contributed by atoms with Crippen molar-refractivity contribution in [2.24, 2.45) is 5.92 Å². The number of benzene rings is 1. The fourth-order valence-electron chi connectivity index (χ4n) is 2.54. The van der Waals surface area contributed by atoms with Crippen LogP contribution in [-0.4, -0.2) is 29.1 Å². The Kier molecular flexibility index (Phi) is 4.76. The van der Waals surface area contributed by atoms with Gasteiger partial charge in [0.1, 0.15) is 6.17 Å². The van der Waals surface area contributed by atoms with Gasteiger partial charge in [-0.3, -0.25) is 10.1 Å². The molecule has 0 radical (unpaired) electrons. The predicted octanol–water partition coefficient (Wildman–Crippen LogP) is 3.27. The Morgan fingerprint density at radius 3 is 2.30 bits per heavy atom. The van der Waals surface area contributed by atoms with Crippen LogP contribution in [0.5, 0.6) is 0 Å². The van der Waals surface area contributed by atoms with E-state index in [1.165, 1.54) is 4.90 Å². The Morgan fingerprint density at radius 1 is 1.20 bits per heavy atom. The third-order valence-electron chi connectivity index (χ3n) is 4.15. The van der Waals surface area contributed by atoms with Crippen molar-refractivity contribution in [3.8, 4) is 0 Å². The van der Waals surface area contributed by atoms with Crippen molar-refractivity contribution in [1.29, 1.82) is 0 Å². The van der Waals surface area contributed by atoms with Crippen LogP contribution >= 0.6 is 11.8 Å². The number of rotatable bonds is 4. The fraction of sp³-hybridized carbons (Fsp3) is 0.562. The van der Waals surface area contributed by atoms with E-state index in [-0.39, 0.29) is 24.2 Å². The summed E-state index contributed by atoms with van der Waals surface area (Å²) in [5.41, 5.74) is 1.16. The van der Waals surface area contributed by atoms with Crippen LogP contribution in [0.2, 0.25) is 0 Å². The van der Waals surface area contributed by atoms with Crippen molar-refractivity contribution in [1.82, 2.24) is 10.2 Å². The van der Waals surface area contributed by atoms with Crippen LogP contribution in [0.3, 0.4) is 0 Å². The second kappa shape index (κ2) is 6.19. The first-order valence-corrected chi connectivity index (χ1v) is 8.40. The highest BCUT2D eigenvalue weighted by molar-refractivity contribution is 7.98. The summed E-state index contributed by atoms with van der Waals surface area (Å²) in [5.74, 6) is 0.643. The molecule has 3 atom stereocenters. The molecule has 0 saturated carbocycles. The first-order chi connectivity index (χ1) is 9.45. The lowest BCUT2D eigenvalue weighted by Crippen LogP contribution is -2.41. The molecule has 20 heavy (non-hydrogen) atoms. The van der Waals surface area contributed by atoms with Gasteiger partial charge in [-0.2, -0.15) is 0 Å². The average molecular weight is 292 g/mol. The van der Waals surface area contributed by atoms with Crippen LogP contribution in [0.25, 0.3) is 0 Å². The molecule has 1 N–H and O–H groups in total. The Hall–Kier alpha value is -1.00. The minimum absolute atomic E-state index is 0.00851. The standard InChI is InChI=1S/C16H24N2OS/c1-10(2)12(4)18-15(17-11(3)16(18)19)13-6-8-14(20-5)9-7-13/h6-12,15,17H,1-5H3. The Balaban J connectivity index is 2.29. The molecule has 1 aliphatic heterocycles. The number of amides is 1. The van der Waals surface area contributed by atoms with Crippen LogP contribution in [0.1, 0.15) is 39.4 Å². The van der Waals surface area contributed by atoms with Gasteiger partial charge in [0.25, 0.3) is 0 Å². The quantitative estimate of drug-likeness (QED) is 0.864. The fourth-order valence-corrected chi connectivity index (χ4v) is 2.95. The molecule has 1 fully saturated rings. The third-order valence-corrected chi connectivity index (χ3v) is 4.89. The molecule has 0 bridgehead atoms. The van der Waals surface area contributed by atoms with Crippen molar-refractivity contribution in [3.63, 3.8) is 0 Å². The first kappa shape index (κ1) is 15.4. The number of thioether (sulfide) groups is 1. The molecule has 1 aliphatic rings. The summed E-state index contributed by atoms with van der Waals surface area (Å²) < 4.78 is 0. The van der Waals surface area contributed by atoms with Gasteiger partial charge in [0.05, 0.1) is 6.04 Å². The lowest BCUT2D eigenvalue weighted by molar-refractivity contribution is -0.132. The Bertz CT molecular complexity index is 472. The molecule has 1 saturated heterocycles. The zero-order valence-corrected chi connectivity index (χ0v) is 13.7. The van der Waals surface area contributed by atoms with Crippen molar-refractivity contribution in [2.45, 2.75) is 50.8 Å². The summed E-state index contributed by atoms with van der Waals surface area (Å²) in [6.07, 6.45) is 2.06. The maximum absolute atomic E-state index is 12.4. The van der Waals surface area contributed by atoms with E-state index in [1.54, 1.807) is 11.8 Å². The van der Waals surface area contributed by atoms with Crippen molar-refractivity contribution in [2.75, 3.05) is 6.26 Å². The zero-order valence-electron chi connectivity index (χ0n) is 12.9. The summed E-state index contributed by atoms with van der Waals surface area (Å²) in [6.45, 7) is 8.40. The number of hydrogen-bond acceptors (Lipinski definition) is 3. The third kappa shape index (κ3) is 2.86. The summed E-state index contributed by atoms with van der Waals surface area (Å²) in [5, 5.41) is 3.41. The van der Waals surface area contributed by atoms with E-state index in [9.17, 15) is 4.79 Å². The lowest BCUT2D eigenvalue weighted by Gasteiger charge is -2.33. The van der Waals surface area contributed by atoms with Gasteiger partial charge in [-0.15, -0.1) is 11.8 Å². The van der Waals surface area contributed by atoms with Gasteiger partial charge in [0, 0.05) is 10.9 Å². The second-order valence-electron chi connectivity index (χ2n) is 5.79. The number of carbonyl (C=O) groups excluding carboxylic acids is 1. The molecule has 0 aliphatic carbocycles. The van der Waals surface area contributed by atoms with Crippen LogP contribution in [0.15, 0.2) is 29.2 Å². The van der Waals surface area contributed by atoms with E-state index < -0.39 is 0 Å². The monoisotopic (exact) mass is 292 g/mol. The largest absolute Gasteiger partial charge is 0.319 e. The summed E-state index contributed by atoms with van der Waals surface area (Å²) in [6, 6.07) is 8.59.